The molecular formula is C17H15O3+. The van der Waals surface area contributed by atoms with Crippen LogP contribution in [0.4, 0.5) is 0 Å². The van der Waals surface area contributed by atoms with Crippen LogP contribution in [0.1, 0.15) is 12.0 Å². The Morgan fingerprint density at radius 2 is 1.55 bits per heavy atom. The van der Waals surface area contributed by atoms with Crippen molar-refractivity contribution in [2.45, 2.75) is 12.8 Å². The molecule has 100 valence electrons. The van der Waals surface area contributed by atoms with E-state index in [4.69, 9.17) is 9.15 Å². The van der Waals surface area contributed by atoms with Crippen LogP contribution in [0.5, 0.6) is 0 Å². The molecule has 2 aromatic carbocycles. The summed E-state index contributed by atoms with van der Waals surface area (Å²) >= 11 is 0. The highest BCUT2D eigenvalue weighted by Gasteiger charge is 2.18. The summed E-state index contributed by atoms with van der Waals surface area (Å²) in [5, 5.41) is 2.10. The van der Waals surface area contributed by atoms with E-state index in [-0.39, 0.29) is 5.97 Å². The van der Waals surface area contributed by atoms with Gasteiger partial charge in [-0.25, -0.2) is 4.42 Å². The van der Waals surface area contributed by atoms with Crippen molar-refractivity contribution in [3.63, 3.8) is 0 Å². The fourth-order valence-corrected chi connectivity index (χ4v) is 2.47. The van der Waals surface area contributed by atoms with Crippen molar-refractivity contribution in [1.29, 1.82) is 0 Å². The Balaban J connectivity index is 2.20. The first-order valence-electron chi connectivity index (χ1n) is 6.59. The van der Waals surface area contributed by atoms with Gasteiger partial charge in [0.1, 0.15) is 0 Å². The molecular weight excluding hydrogens is 252 g/mol. The lowest BCUT2D eigenvalue weighted by molar-refractivity contribution is -0.140. The average Bonchev–Trinajstić information content (AvgIpc) is 2.51. The van der Waals surface area contributed by atoms with E-state index < -0.39 is 0 Å². The monoisotopic (exact) mass is 267 g/mol. The molecule has 0 atom stereocenters. The largest absolute Gasteiger partial charge is 0.469 e. The van der Waals surface area contributed by atoms with E-state index in [9.17, 15) is 4.79 Å². The molecule has 1 heterocycles. The lowest BCUT2D eigenvalue weighted by Crippen LogP contribution is -2.02. The van der Waals surface area contributed by atoms with Gasteiger partial charge in [-0.3, -0.25) is 4.79 Å². The molecule has 3 heteroatoms. The summed E-state index contributed by atoms with van der Waals surface area (Å²) in [5.41, 5.74) is 2.81. The minimum Gasteiger partial charge on any atom is -0.469 e. The topological polar surface area (TPSA) is 37.6 Å². The molecule has 1 aromatic heterocycles. The maximum Gasteiger partial charge on any atom is 0.361 e. The van der Waals surface area contributed by atoms with Crippen molar-refractivity contribution in [3.8, 4) is 0 Å². The van der Waals surface area contributed by atoms with Gasteiger partial charge in [0.05, 0.1) is 17.9 Å². The maximum atomic E-state index is 11.4. The van der Waals surface area contributed by atoms with E-state index >= 15 is 0 Å². The number of hydrogen-bond acceptors (Lipinski definition) is 2. The standard InChI is InChI=1S/C17H15O3/c1-19-17(18)11-10-12-13-6-2-4-8-15(13)20-16-9-5-3-7-14(12)16/h2-9H,10-11H2,1H3/q+1. The van der Waals surface area contributed by atoms with Crippen LogP contribution in [0, 0.1) is 0 Å². The molecule has 3 rings (SSSR count). The summed E-state index contributed by atoms with van der Waals surface area (Å²) < 4.78 is 10.6. The van der Waals surface area contributed by atoms with E-state index in [0.29, 0.717) is 12.8 Å². The van der Waals surface area contributed by atoms with Gasteiger partial charge in [0.2, 0.25) is 0 Å². The predicted octanol–water partition coefficient (Wildman–Crippen LogP) is 3.97. The number of carbonyl (C=O) groups is 1. The molecule has 0 fully saturated rings. The Labute approximate surface area is 116 Å². The second-order valence-corrected chi connectivity index (χ2v) is 4.65. The van der Waals surface area contributed by atoms with Crippen molar-refractivity contribution in [3.05, 3.63) is 54.1 Å². The average molecular weight is 267 g/mol. The molecule has 0 aliphatic carbocycles. The zero-order valence-electron chi connectivity index (χ0n) is 11.3. The summed E-state index contributed by atoms with van der Waals surface area (Å²) in [5.74, 6) is -0.195. The summed E-state index contributed by atoms with van der Waals surface area (Å²) in [6.45, 7) is 0. The Kier molecular flexibility index (Phi) is 3.33. The summed E-state index contributed by atoms with van der Waals surface area (Å²) in [6, 6.07) is 15.8. The molecule has 0 saturated heterocycles. The Morgan fingerprint density at radius 3 is 2.10 bits per heavy atom. The number of carbonyl (C=O) groups excluding carboxylic acids is 1. The Hall–Kier alpha value is -2.42. The number of ether oxygens (including phenoxy) is 1. The van der Waals surface area contributed by atoms with E-state index in [2.05, 4.69) is 0 Å². The fraction of sp³-hybridized carbons (Fsp3) is 0.176. The summed E-state index contributed by atoms with van der Waals surface area (Å²) in [7, 11) is 1.42. The number of hydrogen-bond donors (Lipinski definition) is 0. The highest BCUT2D eigenvalue weighted by Crippen LogP contribution is 2.29. The first kappa shape index (κ1) is 12.6. The molecule has 20 heavy (non-hydrogen) atoms. The fourth-order valence-electron chi connectivity index (χ4n) is 2.47. The third-order valence-electron chi connectivity index (χ3n) is 3.45. The highest BCUT2D eigenvalue weighted by molar-refractivity contribution is 5.95. The molecule has 0 unspecified atom stereocenters. The highest BCUT2D eigenvalue weighted by atomic mass is 16.5. The maximum absolute atomic E-state index is 11.4. The number of rotatable bonds is 3. The number of aryl methyl sites for hydroxylation is 1. The first-order valence-corrected chi connectivity index (χ1v) is 6.59. The zero-order valence-corrected chi connectivity index (χ0v) is 11.3. The van der Waals surface area contributed by atoms with Gasteiger partial charge in [-0.05, 0) is 24.1 Å². The van der Waals surface area contributed by atoms with Crippen LogP contribution in [0.15, 0.2) is 52.9 Å². The third kappa shape index (κ3) is 2.23. The number of fused-ring (bicyclic) bond motifs is 2. The molecule has 0 spiro atoms. The Morgan fingerprint density at radius 1 is 1.00 bits per heavy atom. The third-order valence-corrected chi connectivity index (χ3v) is 3.45. The van der Waals surface area contributed by atoms with Gasteiger partial charge in [0, 0.05) is 18.6 Å². The number of benzene rings is 2. The summed E-state index contributed by atoms with van der Waals surface area (Å²) in [4.78, 5) is 11.4. The van der Waals surface area contributed by atoms with Gasteiger partial charge >= 0.3 is 17.1 Å². The van der Waals surface area contributed by atoms with Gasteiger partial charge in [-0.15, -0.1) is 0 Å². The normalized spacial score (nSPS) is 10.8. The van der Waals surface area contributed by atoms with Crippen LogP contribution in [-0.4, -0.2) is 13.1 Å². The first-order chi connectivity index (χ1) is 9.79. The number of para-hydroxylation sites is 2. The van der Waals surface area contributed by atoms with Crippen molar-refractivity contribution in [2.75, 3.05) is 7.11 Å². The van der Waals surface area contributed by atoms with Crippen LogP contribution < -0.4 is 0 Å². The number of methoxy groups -OCH3 is 1. The van der Waals surface area contributed by atoms with Crippen LogP contribution in [0.2, 0.25) is 0 Å². The molecule has 0 aliphatic heterocycles. The lowest BCUT2D eigenvalue weighted by atomic mass is 10.00. The smallest absolute Gasteiger partial charge is 0.361 e. The van der Waals surface area contributed by atoms with Gasteiger partial charge in [-0.2, -0.15) is 0 Å². The minimum absolute atomic E-state index is 0.195. The quantitative estimate of drug-likeness (QED) is 0.409. The van der Waals surface area contributed by atoms with Gasteiger partial charge in [0.15, 0.2) is 0 Å². The van der Waals surface area contributed by atoms with Crippen molar-refractivity contribution < 1.29 is 13.9 Å². The van der Waals surface area contributed by atoms with Crippen LogP contribution in [0.3, 0.4) is 0 Å². The molecule has 3 nitrogen and oxygen atoms in total. The van der Waals surface area contributed by atoms with Gasteiger partial charge in [-0.1, -0.05) is 24.3 Å². The van der Waals surface area contributed by atoms with Crippen molar-refractivity contribution >= 4 is 27.9 Å². The van der Waals surface area contributed by atoms with Crippen LogP contribution >= 0.6 is 0 Å². The molecule has 0 radical (unpaired) electrons. The Bertz CT molecular complexity index is 723. The van der Waals surface area contributed by atoms with E-state index in [1.807, 2.05) is 48.5 Å². The van der Waals surface area contributed by atoms with Crippen molar-refractivity contribution in [1.82, 2.24) is 0 Å². The lowest BCUT2D eigenvalue weighted by Gasteiger charge is -2.04. The second-order valence-electron chi connectivity index (χ2n) is 4.65. The molecule has 0 bridgehead atoms. The van der Waals surface area contributed by atoms with Crippen LogP contribution in [-0.2, 0) is 16.0 Å². The number of esters is 1. The molecule has 0 amide bonds. The predicted molar refractivity (Wildman–Crippen MR) is 78.5 cm³/mol. The minimum atomic E-state index is -0.195. The zero-order chi connectivity index (χ0) is 13.9. The SMILES string of the molecule is COC(=O)CCc1c2ccccc2[o+]c2ccccc12. The van der Waals surface area contributed by atoms with Crippen LogP contribution in [0.25, 0.3) is 21.9 Å². The van der Waals surface area contributed by atoms with Gasteiger partial charge in [0.25, 0.3) is 0 Å². The summed E-state index contributed by atoms with van der Waals surface area (Å²) in [6.07, 6.45) is 1.01. The van der Waals surface area contributed by atoms with Gasteiger partial charge < -0.3 is 4.74 Å². The molecule has 0 aliphatic rings. The molecule has 0 N–H and O–H groups in total. The molecule has 0 saturated carbocycles. The molecule has 3 aromatic rings. The van der Waals surface area contributed by atoms with E-state index in [1.54, 1.807) is 0 Å². The second kappa shape index (κ2) is 5.29. The van der Waals surface area contributed by atoms with E-state index in [0.717, 1.165) is 27.5 Å². The van der Waals surface area contributed by atoms with E-state index in [1.165, 1.54) is 7.11 Å². The van der Waals surface area contributed by atoms with Crippen molar-refractivity contribution in [2.24, 2.45) is 0 Å².